The number of nitrogens with one attached hydrogen (secondary N) is 2. The van der Waals surface area contributed by atoms with Gasteiger partial charge in [0, 0.05) is 50.0 Å². The number of benzene rings is 11. The summed E-state index contributed by atoms with van der Waals surface area (Å²) in [6.45, 7) is 9.27. The van der Waals surface area contributed by atoms with Crippen LogP contribution < -0.4 is 20.1 Å². The van der Waals surface area contributed by atoms with Gasteiger partial charge in [0.2, 0.25) is 0 Å². The van der Waals surface area contributed by atoms with Crippen LogP contribution >= 0.6 is 0 Å². The van der Waals surface area contributed by atoms with Gasteiger partial charge in [0.05, 0.1) is 7.11 Å². The first kappa shape index (κ1) is 66.8. The number of rotatable bonds is 21. The van der Waals surface area contributed by atoms with Crippen LogP contribution in [0.2, 0.25) is 0 Å². The van der Waals surface area contributed by atoms with Gasteiger partial charge >= 0.3 is 0 Å². The third kappa shape index (κ3) is 13.8. The minimum atomic E-state index is -0.945. The van der Waals surface area contributed by atoms with Gasteiger partial charge in [0.15, 0.2) is 5.60 Å². The van der Waals surface area contributed by atoms with Gasteiger partial charge in [-0.2, -0.15) is 0 Å². The summed E-state index contributed by atoms with van der Waals surface area (Å²) in [5, 5.41) is 8.46. The van der Waals surface area contributed by atoms with Crippen LogP contribution in [-0.4, -0.2) is 18.9 Å². The van der Waals surface area contributed by atoms with E-state index in [9.17, 15) is 9.59 Å². The summed E-state index contributed by atoms with van der Waals surface area (Å²) in [5.74, 6) is 4.43. The van der Waals surface area contributed by atoms with Gasteiger partial charge in [-0.25, -0.2) is 0 Å². The van der Waals surface area contributed by atoms with Crippen LogP contribution in [-0.2, 0) is 11.0 Å². The Morgan fingerprint density at radius 2 is 0.891 bits per heavy atom. The van der Waals surface area contributed by atoms with E-state index in [4.69, 9.17) is 9.47 Å². The molecule has 6 nitrogen and oxygen atoms in total. The molecule has 2 N–H and O–H groups in total. The standard InChI is InChI=1S/C95H94N2O4/c1-6-8-11-15-63-19-23-65(24-20-63)67-27-31-69(32-28-67)71-35-39-75(40-36-71)92(98)96-81-51-43-73(44-52-81)77-47-57-84-86(61-77)89-87-62-78(48-58-88(87)94(3,4)90(89)85-59-60-95(101-91(84)85,79-17-13-10-14-18-79)80-49-55-83(100-5)56-50-80)74-45-53-82(54-46-74)97-93(99)76-41-37-72(38-42-76)70-33-29-68(30-34-70)66-25-21-64(22-26-66)16-12-9-7-2/h10,13-14,17-18,27-66H,6-9,11-12,15-16,19-26H2,1-5H3,(H,96,98)(H,97,99). The molecule has 11 aromatic rings. The lowest BCUT2D eigenvalue weighted by molar-refractivity contribution is 0.101. The van der Waals surface area contributed by atoms with E-state index in [1.54, 1.807) is 7.11 Å². The molecule has 0 bridgehead atoms. The summed E-state index contributed by atoms with van der Waals surface area (Å²) in [6, 6.07) is 83.1. The van der Waals surface area contributed by atoms with Gasteiger partial charge in [-0.1, -0.05) is 243 Å². The molecular weight excluding hydrogens is 1230 g/mol. The molecule has 3 aliphatic carbocycles. The van der Waals surface area contributed by atoms with E-state index < -0.39 is 11.0 Å². The van der Waals surface area contributed by atoms with E-state index in [0.717, 1.165) is 95.6 Å². The molecule has 6 heteroatoms. The molecule has 1 unspecified atom stereocenters. The Labute approximate surface area is 598 Å². The number of unbranched alkanes of at least 4 members (excludes halogenated alkanes) is 4. The zero-order chi connectivity index (χ0) is 69.0. The SMILES string of the molecule is CCCCCC1CCC(c2ccc(-c3ccc(C(=O)Nc4ccc(-c5ccc6c(c5)-c5c(c7c(c8ccc(-c9ccc(NC(=O)c%10ccc(-c%11ccc(C%12CCC(CCCCC)CC%12)cc%11)cc%10)cc9)cc58)OC(c5ccccc5)(c5ccc(OC)cc5)C=C7)C6(C)C)cc4)cc3)cc2)CC1. The number of hydrogen-bond acceptors (Lipinski definition) is 4. The van der Waals surface area contributed by atoms with Crippen LogP contribution in [0.5, 0.6) is 11.5 Å². The van der Waals surface area contributed by atoms with Gasteiger partial charge in [-0.3, -0.25) is 9.59 Å². The van der Waals surface area contributed by atoms with E-state index >= 15 is 0 Å². The van der Waals surface area contributed by atoms with Crippen molar-refractivity contribution in [2.24, 2.45) is 11.8 Å². The first-order valence-electron chi connectivity index (χ1n) is 37.5. The normalized spacial score (nSPS) is 18.8. The van der Waals surface area contributed by atoms with Gasteiger partial charge in [-0.15, -0.1) is 0 Å². The van der Waals surface area contributed by atoms with Gasteiger partial charge in [0.25, 0.3) is 11.8 Å². The smallest absolute Gasteiger partial charge is 0.255 e. The average molecular weight is 1330 g/mol. The minimum Gasteiger partial charge on any atom is -0.497 e. The number of anilines is 2. The molecule has 0 aromatic heterocycles. The van der Waals surface area contributed by atoms with Crippen molar-refractivity contribution in [1.29, 1.82) is 0 Å². The molecule has 15 rings (SSSR count). The van der Waals surface area contributed by atoms with E-state index in [-0.39, 0.29) is 11.8 Å². The van der Waals surface area contributed by atoms with Gasteiger partial charge in [0.1, 0.15) is 11.5 Å². The van der Waals surface area contributed by atoms with Crippen molar-refractivity contribution in [2.45, 2.75) is 153 Å². The summed E-state index contributed by atoms with van der Waals surface area (Å²) in [7, 11) is 1.70. The zero-order valence-electron chi connectivity index (χ0n) is 59.4. The summed E-state index contributed by atoms with van der Waals surface area (Å²) in [5.41, 5.74) is 20.8. The summed E-state index contributed by atoms with van der Waals surface area (Å²) >= 11 is 0. The molecule has 508 valence electrons. The predicted molar refractivity (Wildman–Crippen MR) is 420 cm³/mol. The lowest BCUT2D eigenvalue weighted by Crippen LogP contribution is -2.35. The van der Waals surface area contributed by atoms with E-state index in [1.807, 2.05) is 66.7 Å². The average Bonchev–Trinajstić information content (AvgIpc) is 1.58. The van der Waals surface area contributed by atoms with Crippen LogP contribution in [0.15, 0.2) is 243 Å². The van der Waals surface area contributed by atoms with Crippen LogP contribution in [0, 0.1) is 11.8 Å². The molecule has 1 aliphatic heterocycles. The third-order valence-corrected chi connectivity index (χ3v) is 23.2. The van der Waals surface area contributed by atoms with Gasteiger partial charge < -0.3 is 20.1 Å². The van der Waals surface area contributed by atoms with E-state index in [1.165, 1.54) is 147 Å². The highest BCUT2D eigenvalue weighted by molar-refractivity contribution is 6.11. The second-order valence-electron chi connectivity index (χ2n) is 29.8. The highest BCUT2D eigenvalue weighted by atomic mass is 16.5. The summed E-state index contributed by atoms with van der Waals surface area (Å²) < 4.78 is 13.4. The fourth-order valence-electron chi connectivity index (χ4n) is 17.2. The quantitative estimate of drug-likeness (QED) is 0.0703. The largest absolute Gasteiger partial charge is 0.497 e. The van der Waals surface area contributed by atoms with E-state index in [2.05, 4.69) is 220 Å². The van der Waals surface area contributed by atoms with Crippen molar-refractivity contribution >= 4 is 40.0 Å². The molecule has 0 saturated heterocycles. The Bertz CT molecular complexity index is 4770. The molecule has 1 atom stereocenters. The van der Waals surface area contributed by atoms with Crippen molar-refractivity contribution in [3.63, 3.8) is 0 Å². The van der Waals surface area contributed by atoms with Crippen molar-refractivity contribution in [1.82, 2.24) is 0 Å². The highest BCUT2D eigenvalue weighted by Crippen LogP contribution is 2.59. The van der Waals surface area contributed by atoms with Crippen LogP contribution in [0.4, 0.5) is 11.4 Å². The molecule has 101 heavy (non-hydrogen) atoms. The highest BCUT2D eigenvalue weighted by Gasteiger charge is 2.45. The fraction of sp³-hybridized carbons (Fsp3) is 0.284. The number of carbonyl (C=O) groups excluding carboxylic acids is 2. The molecule has 0 radical (unpaired) electrons. The molecular formula is C95H94N2O4. The Balaban J connectivity index is 0.683. The zero-order valence-corrected chi connectivity index (χ0v) is 59.4. The number of carbonyl (C=O) groups is 2. The first-order chi connectivity index (χ1) is 49.4. The van der Waals surface area contributed by atoms with Crippen molar-refractivity contribution < 1.29 is 19.1 Å². The Morgan fingerprint density at radius 1 is 0.455 bits per heavy atom. The molecule has 0 spiro atoms. The predicted octanol–water partition coefficient (Wildman–Crippen LogP) is 25.4. The topological polar surface area (TPSA) is 76.7 Å². The van der Waals surface area contributed by atoms with Crippen molar-refractivity contribution in [3.05, 3.63) is 293 Å². The maximum Gasteiger partial charge on any atom is 0.255 e. The van der Waals surface area contributed by atoms with Crippen LogP contribution in [0.3, 0.4) is 0 Å². The molecule has 2 fully saturated rings. The van der Waals surface area contributed by atoms with Crippen LogP contribution in [0.25, 0.3) is 72.5 Å². The molecule has 11 aromatic carbocycles. The second-order valence-corrected chi connectivity index (χ2v) is 29.8. The number of amides is 2. The van der Waals surface area contributed by atoms with Gasteiger partial charge in [-0.05, 0) is 243 Å². The Kier molecular flexibility index (Phi) is 19.4. The molecule has 1 heterocycles. The number of fused-ring (bicyclic) bond motifs is 8. The number of hydrogen-bond donors (Lipinski definition) is 2. The third-order valence-electron chi connectivity index (χ3n) is 23.2. The second kappa shape index (κ2) is 29.3. The van der Waals surface area contributed by atoms with E-state index in [0.29, 0.717) is 23.0 Å². The minimum absolute atomic E-state index is 0.143. The van der Waals surface area contributed by atoms with Crippen molar-refractivity contribution in [3.8, 4) is 67.1 Å². The Hall–Kier alpha value is -10.0. The number of methoxy groups -OCH3 is 1. The maximum absolute atomic E-state index is 13.9. The monoisotopic (exact) mass is 1330 g/mol. The maximum atomic E-state index is 13.9. The summed E-state index contributed by atoms with van der Waals surface area (Å²) in [6.07, 6.45) is 26.0. The lowest BCUT2D eigenvalue weighted by atomic mass is 9.76. The lowest BCUT2D eigenvalue weighted by Gasteiger charge is -2.38. The molecule has 2 amide bonds. The fourth-order valence-corrected chi connectivity index (χ4v) is 17.2. The first-order valence-corrected chi connectivity index (χ1v) is 37.5. The molecule has 4 aliphatic rings. The van der Waals surface area contributed by atoms with Crippen molar-refractivity contribution in [2.75, 3.05) is 17.7 Å². The van der Waals surface area contributed by atoms with Crippen LogP contribution in [0.1, 0.15) is 202 Å². The summed E-state index contributed by atoms with van der Waals surface area (Å²) in [4.78, 5) is 27.7. The Morgan fingerprint density at radius 3 is 1.38 bits per heavy atom. The number of ether oxygens (including phenoxy) is 2. The molecule has 2 saturated carbocycles.